The summed E-state index contributed by atoms with van der Waals surface area (Å²) < 4.78 is 15.5. The van der Waals surface area contributed by atoms with Crippen LogP contribution in [0.1, 0.15) is 25.0 Å². The Hall–Kier alpha value is -1.39. The van der Waals surface area contributed by atoms with Crippen LogP contribution in [0.25, 0.3) is 0 Å². The summed E-state index contributed by atoms with van der Waals surface area (Å²) in [7, 11) is 0. The summed E-state index contributed by atoms with van der Waals surface area (Å²) in [6.45, 7) is 2.45. The molecule has 0 amide bonds. The summed E-state index contributed by atoms with van der Waals surface area (Å²) in [5.74, 6) is 0.248. The number of hydrogen-bond acceptors (Lipinski definition) is 4. The van der Waals surface area contributed by atoms with E-state index in [0.29, 0.717) is 12.5 Å². The molecule has 1 heterocycles. The van der Waals surface area contributed by atoms with Gasteiger partial charge >= 0.3 is 5.97 Å². The van der Waals surface area contributed by atoms with E-state index in [1.165, 1.54) is 6.92 Å². The Bertz CT molecular complexity index is 352. The molecule has 1 aromatic rings. The fourth-order valence-electron chi connectivity index (χ4n) is 1.64. The second-order valence-corrected chi connectivity index (χ2v) is 3.63. The molecule has 0 radical (unpaired) electrons. The van der Waals surface area contributed by atoms with Crippen LogP contribution in [-0.2, 0) is 14.3 Å². The van der Waals surface area contributed by atoms with E-state index in [0.717, 1.165) is 18.6 Å². The van der Waals surface area contributed by atoms with Gasteiger partial charge < -0.3 is 14.2 Å². The predicted molar refractivity (Wildman–Crippen MR) is 57.0 cm³/mol. The van der Waals surface area contributed by atoms with Crippen LogP contribution in [0.2, 0.25) is 0 Å². The van der Waals surface area contributed by atoms with Crippen molar-refractivity contribution >= 4 is 5.97 Å². The largest absolute Gasteiger partial charge is 0.427 e. The van der Waals surface area contributed by atoms with Gasteiger partial charge in [0.05, 0.1) is 12.7 Å². The van der Waals surface area contributed by atoms with Crippen LogP contribution in [0.3, 0.4) is 0 Å². The predicted octanol–water partition coefficient (Wildman–Crippen LogP) is 2.05. The number of esters is 1. The quantitative estimate of drug-likeness (QED) is 0.567. The van der Waals surface area contributed by atoms with Crippen molar-refractivity contribution in [2.24, 2.45) is 0 Å². The number of rotatable bonds is 2. The Kier molecular flexibility index (Phi) is 3.54. The van der Waals surface area contributed by atoms with Crippen LogP contribution < -0.4 is 4.74 Å². The highest BCUT2D eigenvalue weighted by atomic mass is 16.7. The fourth-order valence-corrected chi connectivity index (χ4v) is 1.64. The van der Waals surface area contributed by atoms with Gasteiger partial charge in [0, 0.05) is 13.3 Å². The van der Waals surface area contributed by atoms with Crippen LogP contribution in [0.4, 0.5) is 0 Å². The molecule has 4 heteroatoms. The molecule has 16 heavy (non-hydrogen) atoms. The zero-order valence-corrected chi connectivity index (χ0v) is 9.14. The third kappa shape index (κ3) is 2.81. The van der Waals surface area contributed by atoms with Crippen molar-refractivity contribution in [3.63, 3.8) is 0 Å². The molecule has 2 rings (SSSR count). The zero-order chi connectivity index (χ0) is 11.4. The number of carbonyl (C=O) groups is 1. The molecule has 4 nitrogen and oxygen atoms in total. The van der Waals surface area contributed by atoms with Gasteiger partial charge in [0.1, 0.15) is 12.5 Å². The van der Waals surface area contributed by atoms with Crippen LogP contribution in [0, 0.1) is 0 Å². The molecule has 1 aliphatic heterocycles. The van der Waals surface area contributed by atoms with E-state index in [4.69, 9.17) is 14.2 Å². The molecule has 1 aliphatic rings. The maximum atomic E-state index is 10.7. The smallest absolute Gasteiger partial charge is 0.308 e. The zero-order valence-electron chi connectivity index (χ0n) is 9.14. The summed E-state index contributed by atoms with van der Waals surface area (Å²) in [4.78, 5) is 10.7. The molecule has 1 saturated heterocycles. The number of carbonyl (C=O) groups excluding carboxylic acids is 1. The van der Waals surface area contributed by atoms with E-state index in [1.807, 2.05) is 12.1 Å². The lowest BCUT2D eigenvalue weighted by molar-refractivity contribution is -0.140. The van der Waals surface area contributed by atoms with Gasteiger partial charge in [0.25, 0.3) is 0 Å². The lowest BCUT2D eigenvalue weighted by atomic mass is 10.1. The fraction of sp³-hybridized carbons (Fsp3) is 0.417. The highest BCUT2D eigenvalue weighted by Gasteiger charge is 2.16. The first kappa shape index (κ1) is 11.1. The summed E-state index contributed by atoms with van der Waals surface area (Å²) in [6.07, 6.45) is 0.938. The molecule has 0 bridgehead atoms. The van der Waals surface area contributed by atoms with Crippen LogP contribution in [0.15, 0.2) is 24.3 Å². The first-order valence-corrected chi connectivity index (χ1v) is 5.23. The molecule has 1 unspecified atom stereocenters. The van der Waals surface area contributed by atoms with E-state index < -0.39 is 0 Å². The lowest BCUT2D eigenvalue weighted by Gasteiger charge is -2.23. The van der Waals surface area contributed by atoms with Gasteiger partial charge in [-0.25, -0.2) is 0 Å². The van der Waals surface area contributed by atoms with Crippen molar-refractivity contribution in [2.45, 2.75) is 19.4 Å². The number of benzene rings is 1. The minimum Gasteiger partial charge on any atom is -0.427 e. The Morgan fingerprint density at radius 3 is 2.69 bits per heavy atom. The monoisotopic (exact) mass is 222 g/mol. The number of ether oxygens (including phenoxy) is 3. The SMILES string of the molecule is CC(=O)Oc1ccc(C2CCOCO2)cc1. The molecule has 0 spiro atoms. The van der Waals surface area contributed by atoms with Gasteiger partial charge in [-0.3, -0.25) is 4.79 Å². The van der Waals surface area contributed by atoms with Crippen LogP contribution in [-0.4, -0.2) is 19.4 Å². The summed E-state index contributed by atoms with van der Waals surface area (Å²) >= 11 is 0. The third-order valence-electron chi connectivity index (χ3n) is 2.39. The van der Waals surface area contributed by atoms with Crippen molar-refractivity contribution in [3.8, 4) is 5.75 Å². The van der Waals surface area contributed by atoms with E-state index in [1.54, 1.807) is 12.1 Å². The minimum absolute atomic E-state index is 0.0835. The molecule has 0 aliphatic carbocycles. The summed E-state index contributed by atoms with van der Waals surface area (Å²) in [5.41, 5.74) is 1.08. The van der Waals surface area contributed by atoms with Gasteiger partial charge in [0.2, 0.25) is 0 Å². The van der Waals surface area contributed by atoms with Crippen molar-refractivity contribution in [1.29, 1.82) is 0 Å². The number of hydrogen-bond donors (Lipinski definition) is 0. The molecule has 1 fully saturated rings. The first-order valence-electron chi connectivity index (χ1n) is 5.23. The van der Waals surface area contributed by atoms with Crippen LogP contribution in [0.5, 0.6) is 5.75 Å². The highest BCUT2D eigenvalue weighted by molar-refractivity contribution is 5.69. The van der Waals surface area contributed by atoms with E-state index in [2.05, 4.69) is 0 Å². The van der Waals surface area contributed by atoms with Crippen molar-refractivity contribution < 1.29 is 19.0 Å². The second-order valence-electron chi connectivity index (χ2n) is 3.63. The summed E-state index contributed by atoms with van der Waals surface area (Å²) in [6, 6.07) is 7.37. The molecule has 86 valence electrons. The molecular formula is C12H14O4. The van der Waals surface area contributed by atoms with Gasteiger partial charge in [-0.2, -0.15) is 0 Å². The van der Waals surface area contributed by atoms with Gasteiger partial charge in [0.15, 0.2) is 0 Å². The van der Waals surface area contributed by atoms with E-state index >= 15 is 0 Å². The second kappa shape index (κ2) is 5.09. The maximum absolute atomic E-state index is 10.7. The van der Waals surface area contributed by atoms with E-state index in [-0.39, 0.29) is 12.1 Å². The Labute approximate surface area is 94.1 Å². The van der Waals surface area contributed by atoms with Gasteiger partial charge in [-0.05, 0) is 17.7 Å². The average molecular weight is 222 g/mol. The van der Waals surface area contributed by atoms with E-state index in [9.17, 15) is 4.79 Å². The topological polar surface area (TPSA) is 44.8 Å². The first-order chi connectivity index (χ1) is 7.75. The third-order valence-corrected chi connectivity index (χ3v) is 2.39. The molecule has 1 atom stereocenters. The van der Waals surface area contributed by atoms with Crippen LogP contribution >= 0.6 is 0 Å². The van der Waals surface area contributed by atoms with Crippen molar-refractivity contribution in [2.75, 3.05) is 13.4 Å². The Morgan fingerprint density at radius 1 is 1.38 bits per heavy atom. The maximum Gasteiger partial charge on any atom is 0.308 e. The van der Waals surface area contributed by atoms with Crippen molar-refractivity contribution in [1.82, 2.24) is 0 Å². The highest BCUT2D eigenvalue weighted by Crippen LogP contribution is 2.25. The molecular weight excluding hydrogens is 208 g/mol. The molecule has 1 aromatic carbocycles. The normalized spacial score (nSPS) is 20.4. The molecule has 0 N–H and O–H groups in total. The Morgan fingerprint density at radius 2 is 2.12 bits per heavy atom. The standard InChI is InChI=1S/C12H14O4/c1-9(13)16-11-4-2-10(3-5-11)12-6-7-14-8-15-12/h2-5,12H,6-8H2,1H3. The minimum atomic E-state index is -0.310. The molecule has 0 saturated carbocycles. The van der Waals surface area contributed by atoms with Gasteiger partial charge in [-0.1, -0.05) is 12.1 Å². The summed E-state index contributed by atoms with van der Waals surface area (Å²) in [5, 5.41) is 0. The Balaban J connectivity index is 2.03. The lowest BCUT2D eigenvalue weighted by Crippen LogP contribution is -2.16. The van der Waals surface area contributed by atoms with Gasteiger partial charge in [-0.15, -0.1) is 0 Å². The van der Waals surface area contributed by atoms with Crippen molar-refractivity contribution in [3.05, 3.63) is 29.8 Å². The molecule has 0 aromatic heterocycles. The average Bonchev–Trinajstić information content (AvgIpc) is 2.30.